The largest absolute Gasteiger partial charge is 0.502 e. The highest BCUT2D eigenvalue weighted by molar-refractivity contribution is 7.81. The van der Waals surface area contributed by atoms with Crippen LogP contribution in [-0.2, 0) is 5.41 Å². The first-order valence-electron chi connectivity index (χ1n) is 11.6. The molecule has 0 amide bonds. The molecule has 0 atom stereocenters. The number of aliphatic hydroxyl groups excluding tert-OH is 1. The Hall–Kier alpha value is -3.18. The smallest absolute Gasteiger partial charge is 0.288 e. The molecule has 34 heavy (non-hydrogen) atoms. The van der Waals surface area contributed by atoms with Crippen molar-refractivity contribution in [2.75, 3.05) is 11.9 Å². The SMILES string of the molecule is CCOc1ccccc1NC(=S)C(=C(O)c1cc(C)c(C)cc1C)[n+]1ccc(C(C)(C)C)cc1. The molecule has 4 nitrogen and oxygen atoms in total. The Labute approximate surface area is 208 Å². The highest BCUT2D eigenvalue weighted by Gasteiger charge is 2.26. The van der Waals surface area contributed by atoms with Gasteiger partial charge in [0.05, 0.1) is 12.3 Å². The minimum atomic E-state index is 0.0187. The summed E-state index contributed by atoms with van der Waals surface area (Å²) >= 11 is 5.86. The van der Waals surface area contributed by atoms with Gasteiger partial charge in [-0.2, -0.15) is 4.57 Å². The molecule has 2 N–H and O–H groups in total. The van der Waals surface area contributed by atoms with Crippen molar-refractivity contribution in [3.63, 3.8) is 0 Å². The molecule has 0 unspecified atom stereocenters. The first-order chi connectivity index (χ1) is 16.0. The van der Waals surface area contributed by atoms with Gasteiger partial charge in [-0.25, -0.2) is 0 Å². The summed E-state index contributed by atoms with van der Waals surface area (Å²) in [7, 11) is 0. The topological polar surface area (TPSA) is 45.4 Å². The molecular formula is C29H35N2O2S+. The molecule has 178 valence electrons. The van der Waals surface area contributed by atoms with E-state index in [2.05, 4.69) is 51.2 Å². The first-order valence-corrected chi connectivity index (χ1v) is 12.0. The van der Waals surface area contributed by atoms with Crippen LogP contribution in [0.4, 0.5) is 5.69 Å². The van der Waals surface area contributed by atoms with E-state index >= 15 is 0 Å². The van der Waals surface area contributed by atoms with Gasteiger partial charge in [0.2, 0.25) is 0 Å². The van der Waals surface area contributed by atoms with Gasteiger partial charge in [-0.05, 0) is 73.6 Å². The molecular weight excluding hydrogens is 440 g/mol. The molecule has 0 spiro atoms. The number of hydrogen-bond donors (Lipinski definition) is 2. The number of nitrogens with zero attached hydrogens (tertiary/aromatic N) is 1. The van der Waals surface area contributed by atoms with Crippen molar-refractivity contribution in [3.05, 3.63) is 88.7 Å². The Morgan fingerprint density at radius 3 is 2.21 bits per heavy atom. The molecule has 0 fully saturated rings. The van der Waals surface area contributed by atoms with Gasteiger partial charge < -0.3 is 15.2 Å². The number of ether oxygens (including phenoxy) is 1. The van der Waals surface area contributed by atoms with E-state index in [9.17, 15) is 5.11 Å². The second-order valence-electron chi connectivity index (χ2n) is 9.58. The van der Waals surface area contributed by atoms with Gasteiger partial charge in [0, 0.05) is 17.7 Å². The second-order valence-corrected chi connectivity index (χ2v) is 9.98. The predicted molar refractivity (Wildman–Crippen MR) is 146 cm³/mol. The Bertz CT molecular complexity index is 1220. The van der Waals surface area contributed by atoms with Crippen molar-refractivity contribution >= 4 is 34.3 Å². The number of para-hydroxylation sites is 2. The van der Waals surface area contributed by atoms with Crippen LogP contribution in [0.15, 0.2) is 60.9 Å². The summed E-state index contributed by atoms with van der Waals surface area (Å²) in [5, 5.41) is 14.9. The summed E-state index contributed by atoms with van der Waals surface area (Å²) in [6, 6.07) is 15.9. The number of aryl methyl sites for hydroxylation is 3. The van der Waals surface area contributed by atoms with E-state index in [1.54, 1.807) is 0 Å². The maximum atomic E-state index is 11.6. The number of nitrogens with one attached hydrogen (secondary N) is 1. The lowest BCUT2D eigenvalue weighted by Crippen LogP contribution is -2.39. The fraction of sp³-hybridized carbons (Fsp3) is 0.310. The van der Waals surface area contributed by atoms with Gasteiger partial charge in [0.1, 0.15) is 5.75 Å². The molecule has 0 radical (unpaired) electrons. The summed E-state index contributed by atoms with van der Waals surface area (Å²) < 4.78 is 7.63. The van der Waals surface area contributed by atoms with Gasteiger partial charge in [-0.1, -0.05) is 51.2 Å². The summed E-state index contributed by atoms with van der Waals surface area (Å²) in [6.45, 7) is 15.1. The third kappa shape index (κ3) is 5.65. The number of thiocarbonyl (C=S) groups is 1. The molecule has 0 bridgehead atoms. The zero-order valence-electron chi connectivity index (χ0n) is 21.2. The lowest BCUT2D eigenvalue weighted by molar-refractivity contribution is -0.575. The average molecular weight is 476 g/mol. The fourth-order valence-electron chi connectivity index (χ4n) is 3.80. The highest BCUT2D eigenvalue weighted by Crippen LogP contribution is 2.28. The number of rotatable bonds is 6. The molecule has 3 rings (SSSR count). The Balaban J connectivity index is 2.15. The van der Waals surface area contributed by atoms with Crippen molar-refractivity contribution in [2.45, 2.75) is 53.9 Å². The van der Waals surface area contributed by atoms with Crippen molar-refractivity contribution in [1.82, 2.24) is 0 Å². The molecule has 0 saturated heterocycles. The van der Waals surface area contributed by atoms with Gasteiger partial charge in [0.15, 0.2) is 23.1 Å². The first kappa shape index (κ1) is 25.4. The van der Waals surface area contributed by atoms with Gasteiger partial charge in [0.25, 0.3) is 5.70 Å². The third-order valence-corrected chi connectivity index (χ3v) is 6.22. The normalized spacial score (nSPS) is 12.2. The van der Waals surface area contributed by atoms with Crippen LogP contribution in [0.3, 0.4) is 0 Å². The van der Waals surface area contributed by atoms with Crippen LogP contribution < -0.4 is 14.6 Å². The van der Waals surface area contributed by atoms with Crippen molar-refractivity contribution in [2.24, 2.45) is 0 Å². The Morgan fingerprint density at radius 1 is 0.971 bits per heavy atom. The molecule has 3 aromatic rings. The van der Waals surface area contributed by atoms with E-state index in [0.717, 1.165) is 22.4 Å². The molecule has 5 heteroatoms. The van der Waals surface area contributed by atoms with E-state index in [-0.39, 0.29) is 11.2 Å². The zero-order chi connectivity index (χ0) is 25.0. The van der Waals surface area contributed by atoms with E-state index in [1.165, 1.54) is 11.1 Å². The Morgan fingerprint density at radius 2 is 1.59 bits per heavy atom. The average Bonchev–Trinajstić information content (AvgIpc) is 2.77. The number of pyridine rings is 1. The van der Waals surface area contributed by atoms with E-state index in [0.29, 0.717) is 23.0 Å². The quantitative estimate of drug-likeness (QED) is 0.176. The number of anilines is 1. The van der Waals surface area contributed by atoms with Crippen LogP contribution in [0.25, 0.3) is 11.5 Å². The zero-order valence-corrected chi connectivity index (χ0v) is 22.0. The number of hydrogen-bond acceptors (Lipinski definition) is 3. The molecule has 0 aliphatic heterocycles. The van der Waals surface area contributed by atoms with Crippen molar-refractivity contribution in [3.8, 4) is 5.75 Å². The lowest BCUT2D eigenvalue weighted by atomic mass is 9.88. The van der Waals surface area contributed by atoms with E-state index < -0.39 is 0 Å². The maximum absolute atomic E-state index is 11.6. The molecule has 1 aromatic heterocycles. The van der Waals surface area contributed by atoms with Crippen LogP contribution in [0, 0.1) is 20.8 Å². The molecule has 2 aromatic carbocycles. The summed E-state index contributed by atoms with van der Waals surface area (Å²) in [4.78, 5) is 0.399. The van der Waals surface area contributed by atoms with Gasteiger partial charge in [-0.3, -0.25) is 0 Å². The van der Waals surface area contributed by atoms with Crippen molar-refractivity contribution < 1.29 is 14.4 Å². The Kier molecular flexibility index (Phi) is 7.78. The maximum Gasteiger partial charge on any atom is 0.288 e. The highest BCUT2D eigenvalue weighted by atomic mass is 32.1. The summed E-state index contributed by atoms with van der Waals surface area (Å²) in [5.41, 5.74) is 6.52. The molecule has 0 aliphatic rings. The van der Waals surface area contributed by atoms with Crippen LogP contribution in [0.5, 0.6) is 5.75 Å². The van der Waals surface area contributed by atoms with Crippen LogP contribution in [-0.4, -0.2) is 16.7 Å². The number of benzene rings is 2. The minimum Gasteiger partial charge on any atom is -0.502 e. The number of aliphatic hydroxyl groups is 1. The van der Waals surface area contributed by atoms with Crippen LogP contribution in [0.1, 0.15) is 55.5 Å². The predicted octanol–water partition coefficient (Wildman–Crippen LogP) is 6.92. The summed E-state index contributed by atoms with van der Waals surface area (Å²) in [6.07, 6.45) is 3.90. The van der Waals surface area contributed by atoms with Gasteiger partial charge in [-0.15, -0.1) is 0 Å². The molecule has 1 heterocycles. The minimum absolute atomic E-state index is 0.0187. The fourth-order valence-corrected chi connectivity index (χ4v) is 4.11. The van der Waals surface area contributed by atoms with Crippen LogP contribution >= 0.6 is 12.2 Å². The standard InChI is InChI=1S/C29H34N2O2S/c1-8-33-25-12-10-9-11-24(25)30-28(34)26(31-15-13-22(14-16-31)29(5,6)7)27(32)23-18-20(3)19(2)17-21(23)4/h9-18H,8H2,1-7H3,(H-,30,32,34)/p+1. The number of aromatic nitrogens is 1. The summed E-state index contributed by atoms with van der Waals surface area (Å²) in [5.74, 6) is 0.835. The second kappa shape index (κ2) is 10.4. The van der Waals surface area contributed by atoms with Crippen molar-refractivity contribution in [1.29, 1.82) is 0 Å². The molecule has 0 aliphatic carbocycles. The van der Waals surface area contributed by atoms with E-state index in [1.807, 2.05) is 68.1 Å². The lowest BCUT2D eigenvalue weighted by Gasteiger charge is -2.18. The molecule has 0 saturated carbocycles. The third-order valence-electron chi connectivity index (χ3n) is 5.92. The van der Waals surface area contributed by atoms with Gasteiger partial charge >= 0.3 is 0 Å². The monoisotopic (exact) mass is 475 g/mol. The van der Waals surface area contributed by atoms with E-state index in [4.69, 9.17) is 17.0 Å². The van der Waals surface area contributed by atoms with Crippen LogP contribution in [0.2, 0.25) is 0 Å².